The number of hydrogen-bond donors (Lipinski definition) is 1. The Morgan fingerprint density at radius 2 is 2.05 bits per heavy atom. The van der Waals surface area contributed by atoms with E-state index in [9.17, 15) is 4.79 Å². The minimum absolute atomic E-state index is 0.0554. The van der Waals surface area contributed by atoms with Crippen molar-refractivity contribution in [3.05, 3.63) is 41.0 Å². The van der Waals surface area contributed by atoms with Crippen molar-refractivity contribution in [1.29, 1.82) is 0 Å². The molecule has 3 heteroatoms. The number of hydrogen-bond acceptors (Lipinski definition) is 1. The van der Waals surface area contributed by atoms with Gasteiger partial charge in [0.25, 0.3) is 0 Å². The molecule has 0 saturated heterocycles. The second-order valence-corrected chi connectivity index (χ2v) is 7.75. The van der Waals surface area contributed by atoms with E-state index in [2.05, 4.69) is 62.3 Å². The molecule has 0 saturated carbocycles. The van der Waals surface area contributed by atoms with Crippen LogP contribution in [0.2, 0.25) is 13.1 Å². The molecule has 1 radical (unpaired) electrons. The second-order valence-electron chi connectivity index (χ2n) is 5.50. The summed E-state index contributed by atoms with van der Waals surface area (Å²) in [5.74, 6) is 0.526. The van der Waals surface area contributed by atoms with Crippen LogP contribution in [0.5, 0.6) is 0 Å². The first-order valence-electron chi connectivity index (χ1n) is 6.92. The summed E-state index contributed by atoms with van der Waals surface area (Å²) < 4.78 is 0. The van der Waals surface area contributed by atoms with Gasteiger partial charge >= 0.3 is 0 Å². The summed E-state index contributed by atoms with van der Waals surface area (Å²) in [6, 6.07) is 8.42. The van der Waals surface area contributed by atoms with Crippen molar-refractivity contribution in [2.45, 2.75) is 39.3 Å². The molecule has 0 fully saturated rings. The maximum absolute atomic E-state index is 12.4. The Bertz CT molecular complexity index is 507. The number of carbonyl (C=O) groups is 1. The molecule has 2 nitrogen and oxygen atoms in total. The third-order valence-corrected chi connectivity index (χ3v) is 4.50. The molecular formula is C16H22NOSi. The number of fused-ring (bicyclic) bond motifs is 1. The number of nitrogens with one attached hydrogen (secondary N) is 1. The Kier molecular flexibility index (Phi) is 4.25. The minimum atomic E-state index is -0.730. The van der Waals surface area contributed by atoms with Gasteiger partial charge in [0.1, 0.15) is 0 Å². The Labute approximate surface area is 117 Å². The summed E-state index contributed by atoms with van der Waals surface area (Å²) in [6.07, 6.45) is 3.10. The van der Waals surface area contributed by atoms with Crippen LogP contribution < -0.4 is 4.98 Å². The molecule has 2 unspecified atom stereocenters. The Balaban J connectivity index is 2.29. The fourth-order valence-corrected chi connectivity index (χ4v) is 3.63. The van der Waals surface area contributed by atoms with Gasteiger partial charge in [0, 0.05) is 11.8 Å². The van der Waals surface area contributed by atoms with Crippen molar-refractivity contribution < 1.29 is 4.79 Å². The molecule has 1 aromatic rings. The third kappa shape index (κ3) is 2.81. The molecule has 0 aliphatic heterocycles. The molecule has 19 heavy (non-hydrogen) atoms. The average Bonchev–Trinajstić information content (AvgIpc) is 2.66. The van der Waals surface area contributed by atoms with E-state index in [0.717, 1.165) is 6.42 Å². The Hall–Kier alpha value is -1.35. The lowest BCUT2D eigenvalue weighted by Crippen LogP contribution is -2.40. The van der Waals surface area contributed by atoms with Gasteiger partial charge in [-0.1, -0.05) is 55.9 Å². The number of allylic oxidation sites excluding steroid dienone is 1. The molecule has 0 spiro atoms. The highest BCUT2D eigenvalue weighted by molar-refractivity contribution is 6.56. The van der Waals surface area contributed by atoms with Crippen LogP contribution >= 0.6 is 0 Å². The van der Waals surface area contributed by atoms with Crippen molar-refractivity contribution in [2.75, 3.05) is 0 Å². The number of benzene rings is 1. The van der Waals surface area contributed by atoms with Gasteiger partial charge in [-0.3, -0.25) is 4.79 Å². The summed E-state index contributed by atoms with van der Waals surface area (Å²) >= 11 is 0. The van der Waals surface area contributed by atoms with E-state index in [-0.39, 0.29) is 17.7 Å². The van der Waals surface area contributed by atoms with Crippen LogP contribution in [0.25, 0.3) is 6.08 Å². The van der Waals surface area contributed by atoms with Gasteiger partial charge < -0.3 is 4.98 Å². The molecule has 101 valence electrons. The van der Waals surface area contributed by atoms with Gasteiger partial charge in [-0.25, -0.2) is 0 Å². The predicted molar refractivity (Wildman–Crippen MR) is 82.2 cm³/mol. The van der Waals surface area contributed by atoms with Crippen molar-refractivity contribution in [3.63, 3.8) is 0 Å². The lowest BCUT2D eigenvalue weighted by atomic mass is 9.82. The van der Waals surface area contributed by atoms with Crippen molar-refractivity contribution >= 4 is 20.9 Å². The van der Waals surface area contributed by atoms with Crippen molar-refractivity contribution in [1.82, 2.24) is 4.98 Å². The normalized spacial score (nSPS) is 19.0. The van der Waals surface area contributed by atoms with E-state index >= 15 is 0 Å². The maximum Gasteiger partial charge on any atom is 0.216 e. The van der Waals surface area contributed by atoms with E-state index in [1.165, 1.54) is 16.7 Å². The zero-order chi connectivity index (χ0) is 14.0. The first-order valence-corrected chi connectivity index (χ1v) is 9.42. The fraction of sp³-hybridized carbons (Fsp3) is 0.438. The van der Waals surface area contributed by atoms with E-state index in [0.29, 0.717) is 0 Å². The van der Waals surface area contributed by atoms with Crippen molar-refractivity contribution in [2.24, 2.45) is 5.92 Å². The second kappa shape index (κ2) is 5.74. The maximum atomic E-state index is 12.4. The number of rotatable bonds is 4. The summed E-state index contributed by atoms with van der Waals surface area (Å²) in [7, 11) is -0.730. The quantitative estimate of drug-likeness (QED) is 0.834. The number of carbonyl (C=O) groups excluding carboxylic acids is 1. The van der Waals surface area contributed by atoms with Gasteiger partial charge in [-0.05, 0) is 24.5 Å². The van der Waals surface area contributed by atoms with Gasteiger partial charge in [-0.15, -0.1) is 0 Å². The molecule has 1 amide bonds. The molecule has 0 aromatic heterocycles. The Morgan fingerprint density at radius 1 is 1.37 bits per heavy atom. The highest BCUT2D eigenvalue weighted by atomic mass is 28.3. The van der Waals surface area contributed by atoms with E-state index in [4.69, 9.17) is 0 Å². The first-order chi connectivity index (χ1) is 9.04. The van der Waals surface area contributed by atoms with Gasteiger partial charge in [0.05, 0.1) is 0 Å². The van der Waals surface area contributed by atoms with E-state index in [1.54, 1.807) is 0 Å². The average molecular weight is 272 g/mol. The predicted octanol–water partition coefficient (Wildman–Crippen LogP) is 3.58. The molecule has 0 bridgehead atoms. The van der Waals surface area contributed by atoms with Crippen LogP contribution in [0.1, 0.15) is 37.3 Å². The standard InChI is InChI=1S/C16H22NOSi/c1-5-13(16(18)17-19(3)4)15-11(2)10-12-8-6-7-9-14(12)15/h6-10,13,15H,5H2,1-4H3,(H,17,18). The molecule has 1 aromatic carbocycles. The SMILES string of the molecule is CCC(C(=O)N[Si](C)C)C1C(C)=Cc2ccccc21. The summed E-state index contributed by atoms with van der Waals surface area (Å²) in [4.78, 5) is 15.6. The monoisotopic (exact) mass is 272 g/mol. The van der Waals surface area contributed by atoms with Crippen LogP contribution in [-0.4, -0.2) is 14.9 Å². The highest BCUT2D eigenvalue weighted by Crippen LogP contribution is 2.42. The molecular weight excluding hydrogens is 250 g/mol. The van der Waals surface area contributed by atoms with Gasteiger partial charge in [0.15, 0.2) is 8.96 Å². The summed E-state index contributed by atoms with van der Waals surface area (Å²) in [6.45, 7) is 8.47. The molecule has 2 atom stereocenters. The van der Waals surface area contributed by atoms with E-state index in [1.807, 2.05) is 0 Å². The lowest BCUT2D eigenvalue weighted by molar-refractivity contribution is -0.123. The smallest absolute Gasteiger partial charge is 0.216 e. The lowest BCUT2D eigenvalue weighted by Gasteiger charge is -2.25. The summed E-state index contributed by atoms with van der Waals surface area (Å²) in [5.41, 5.74) is 3.89. The summed E-state index contributed by atoms with van der Waals surface area (Å²) in [5, 5.41) is 0. The molecule has 2 rings (SSSR count). The largest absolute Gasteiger partial charge is 0.382 e. The molecule has 1 N–H and O–H groups in total. The van der Waals surface area contributed by atoms with Crippen LogP contribution in [0, 0.1) is 5.92 Å². The van der Waals surface area contributed by atoms with Gasteiger partial charge in [0.2, 0.25) is 5.91 Å². The first kappa shape index (κ1) is 14.1. The topological polar surface area (TPSA) is 29.1 Å². The highest BCUT2D eigenvalue weighted by Gasteiger charge is 2.33. The van der Waals surface area contributed by atoms with Crippen LogP contribution in [0.15, 0.2) is 29.8 Å². The zero-order valence-corrected chi connectivity index (χ0v) is 13.2. The van der Waals surface area contributed by atoms with Crippen LogP contribution in [0.3, 0.4) is 0 Å². The molecule has 1 aliphatic carbocycles. The molecule has 0 heterocycles. The minimum Gasteiger partial charge on any atom is -0.382 e. The Morgan fingerprint density at radius 3 is 2.68 bits per heavy atom. The fourth-order valence-electron chi connectivity index (χ4n) is 2.95. The number of amides is 1. The van der Waals surface area contributed by atoms with Crippen molar-refractivity contribution in [3.8, 4) is 0 Å². The van der Waals surface area contributed by atoms with Crippen LogP contribution in [-0.2, 0) is 4.79 Å². The van der Waals surface area contributed by atoms with Gasteiger partial charge in [-0.2, -0.15) is 0 Å². The zero-order valence-electron chi connectivity index (χ0n) is 12.2. The molecule has 1 aliphatic rings. The van der Waals surface area contributed by atoms with Crippen LogP contribution in [0.4, 0.5) is 0 Å². The third-order valence-electron chi connectivity index (χ3n) is 3.76. The van der Waals surface area contributed by atoms with E-state index < -0.39 is 8.96 Å².